The van der Waals surface area contributed by atoms with Crippen LogP contribution in [0.5, 0.6) is 0 Å². The molecule has 0 spiro atoms. The highest BCUT2D eigenvalue weighted by Crippen LogP contribution is 2.24. The zero-order chi connectivity index (χ0) is 17.6. The lowest BCUT2D eigenvalue weighted by atomic mass is 10.0. The Hall–Kier alpha value is -2.40. The summed E-state index contributed by atoms with van der Waals surface area (Å²) in [6.07, 6.45) is 2.61. The van der Waals surface area contributed by atoms with E-state index in [0.717, 1.165) is 32.4 Å². The van der Waals surface area contributed by atoms with E-state index in [1.165, 1.54) is 0 Å². The van der Waals surface area contributed by atoms with Gasteiger partial charge in [-0.1, -0.05) is 63.0 Å². The Balaban J connectivity index is 1.58. The Morgan fingerprint density at radius 3 is 2.80 bits per heavy atom. The first kappa shape index (κ1) is 17.4. The van der Waals surface area contributed by atoms with Gasteiger partial charge in [0, 0.05) is 28.6 Å². The summed E-state index contributed by atoms with van der Waals surface area (Å²) in [4.78, 5) is 12.1. The summed E-state index contributed by atoms with van der Waals surface area (Å²) in [5.41, 5.74) is 4.99. The van der Waals surface area contributed by atoms with Crippen LogP contribution in [0.3, 0.4) is 0 Å². The van der Waals surface area contributed by atoms with E-state index in [4.69, 9.17) is 4.52 Å². The molecule has 3 rings (SSSR count). The van der Waals surface area contributed by atoms with E-state index >= 15 is 0 Å². The molecule has 0 saturated heterocycles. The summed E-state index contributed by atoms with van der Waals surface area (Å²) in [6, 6.07) is 16.0. The third-order valence-corrected chi connectivity index (χ3v) is 4.76. The van der Waals surface area contributed by atoms with Gasteiger partial charge in [-0.15, -0.1) is 0 Å². The van der Waals surface area contributed by atoms with Crippen LogP contribution in [0.4, 0.5) is 0 Å². The van der Waals surface area contributed by atoms with Crippen LogP contribution in [0.1, 0.15) is 23.1 Å². The van der Waals surface area contributed by atoms with Crippen molar-refractivity contribution >= 4 is 21.8 Å². The van der Waals surface area contributed by atoms with Crippen LogP contribution in [0, 0.1) is 6.92 Å². The van der Waals surface area contributed by atoms with Crippen LogP contribution in [0.15, 0.2) is 63.8 Å². The number of amides is 1. The van der Waals surface area contributed by atoms with E-state index in [0.29, 0.717) is 19.4 Å². The molecule has 0 radical (unpaired) electrons. The summed E-state index contributed by atoms with van der Waals surface area (Å²) < 4.78 is 6.13. The van der Waals surface area contributed by atoms with Gasteiger partial charge in [-0.25, -0.2) is 0 Å². The van der Waals surface area contributed by atoms with E-state index in [2.05, 4.69) is 32.5 Å². The maximum Gasteiger partial charge on any atom is 0.220 e. The maximum atomic E-state index is 12.1. The smallest absolute Gasteiger partial charge is 0.220 e. The van der Waals surface area contributed by atoms with Gasteiger partial charge in [-0.05, 0) is 31.0 Å². The van der Waals surface area contributed by atoms with Crippen molar-refractivity contribution in [2.24, 2.45) is 0 Å². The van der Waals surface area contributed by atoms with Crippen molar-refractivity contribution < 1.29 is 9.32 Å². The Labute approximate surface area is 155 Å². The number of benzene rings is 2. The first-order chi connectivity index (χ1) is 12.1. The van der Waals surface area contributed by atoms with Crippen molar-refractivity contribution in [3.05, 3.63) is 76.0 Å². The highest BCUT2D eigenvalue weighted by molar-refractivity contribution is 9.10. The summed E-state index contributed by atoms with van der Waals surface area (Å²) in [5, 5.41) is 7.05. The molecule has 128 valence electrons. The minimum Gasteiger partial charge on any atom is -0.364 e. The average Bonchev–Trinajstić information content (AvgIpc) is 3.08. The number of carbonyl (C=O) groups is 1. The van der Waals surface area contributed by atoms with E-state index < -0.39 is 0 Å². The number of nitrogens with one attached hydrogen (secondary N) is 1. The number of aryl methyl sites for hydroxylation is 2. The molecule has 0 fully saturated rings. The SMILES string of the molecule is Cc1cccc(-c2nocc2CCC(=O)NCc2ccccc2Br)c1. The molecule has 5 heteroatoms. The van der Waals surface area contributed by atoms with Crippen molar-refractivity contribution in [3.8, 4) is 11.3 Å². The minimum atomic E-state index is 0.00662. The topological polar surface area (TPSA) is 55.1 Å². The molecule has 0 saturated carbocycles. The number of halogens is 1. The number of hydrogen-bond acceptors (Lipinski definition) is 3. The molecule has 2 aromatic carbocycles. The van der Waals surface area contributed by atoms with E-state index in [9.17, 15) is 4.79 Å². The molecule has 1 heterocycles. The largest absolute Gasteiger partial charge is 0.364 e. The molecule has 25 heavy (non-hydrogen) atoms. The third-order valence-electron chi connectivity index (χ3n) is 3.99. The van der Waals surface area contributed by atoms with Gasteiger partial charge in [0.1, 0.15) is 12.0 Å². The fourth-order valence-electron chi connectivity index (χ4n) is 2.64. The molecule has 0 aliphatic rings. The predicted molar refractivity (Wildman–Crippen MR) is 101 cm³/mol. The molecule has 0 bridgehead atoms. The van der Waals surface area contributed by atoms with Gasteiger partial charge in [0.2, 0.25) is 5.91 Å². The maximum absolute atomic E-state index is 12.1. The monoisotopic (exact) mass is 398 g/mol. The molecule has 1 N–H and O–H groups in total. The number of nitrogens with zero attached hydrogens (tertiary/aromatic N) is 1. The van der Waals surface area contributed by atoms with E-state index in [1.807, 2.05) is 49.4 Å². The zero-order valence-corrected chi connectivity index (χ0v) is 15.5. The normalized spacial score (nSPS) is 10.6. The van der Waals surface area contributed by atoms with Crippen molar-refractivity contribution in [1.82, 2.24) is 10.5 Å². The van der Waals surface area contributed by atoms with Crippen LogP contribution in [0.25, 0.3) is 11.3 Å². The molecule has 0 atom stereocenters. The Bertz CT molecular complexity index is 873. The van der Waals surface area contributed by atoms with E-state index in [-0.39, 0.29) is 5.91 Å². The summed E-state index contributed by atoms with van der Waals surface area (Å²) in [7, 11) is 0. The van der Waals surface area contributed by atoms with Gasteiger partial charge in [-0.2, -0.15) is 0 Å². The molecule has 4 nitrogen and oxygen atoms in total. The second kappa shape index (κ2) is 8.12. The zero-order valence-electron chi connectivity index (χ0n) is 14.0. The first-order valence-electron chi connectivity index (χ1n) is 8.14. The summed E-state index contributed by atoms with van der Waals surface area (Å²) in [6.45, 7) is 2.55. The van der Waals surface area contributed by atoms with E-state index in [1.54, 1.807) is 6.26 Å². The lowest BCUT2D eigenvalue weighted by Gasteiger charge is -2.07. The highest BCUT2D eigenvalue weighted by Gasteiger charge is 2.12. The lowest BCUT2D eigenvalue weighted by Crippen LogP contribution is -2.23. The van der Waals surface area contributed by atoms with Gasteiger partial charge in [0.05, 0.1) is 0 Å². The molecule has 0 aliphatic heterocycles. The third kappa shape index (κ3) is 4.57. The predicted octanol–water partition coefficient (Wildman–Crippen LogP) is 4.66. The molecule has 3 aromatic rings. The van der Waals surface area contributed by atoms with Crippen molar-refractivity contribution in [2.75, 3.05) is 0 Å². The van der Waals surface area contributed by atoms with Crippen LogP contribution in [0.2, 0.25) is 0 Å². The molecular weight excluding hydrogens is 380 g/mol. The fraction of sp³-hybridized carbons (Fsp3) is 0.200. The quantitative estimate of drug-likeness (QED) is 0.656. The van der Waals surface area contributed by atoms with Gasteiger partial charge in [-0.3, -0.25) is 4.79 Å². The van der Waals surface area contributed by atoms with Crippen LogP contribution < -0.4 is 5.32 Å². The molecule has 1 amide bonds. The number of aromatic nitrogens is 1. The second-order valence-corrected chi connectivity index (χ2v) is 6.78. The molecule has 1 aromatic heterocycles. The van der Waals surface area contributed by atoms with Gasteiger partial charge < -0.3 is 9.84 Å². The van der Waals surface area contributed by atoms with Gasteiger partial charge >= 0.3 is 0 Å². The first-order valence-corrected chi connectivity index (χ1v) is 8.93. The summed E-state index contributed by atoms with van der Waals surface area (Å²) in [5.74, 6) is 0.00662. The number of carbonyl (C=O) groups excluding carboxylic acids is 1. The van der Waals surface area contributed by atoms with Crippen LogP contribution in [-0.4, -0.2) is 11.1 Å². The summed E-state index contributed by atoms with van der Waals surface area (Å²) >= 11 is 3.49. The Morgan fingerprint density at radius 1 is 1.16 bits per heavy atom. The molecular formula is C20H19BrN2O2. The minimum absolute atomic E-state index is 0.00662. The fourth-order valence-corrected chi connectivity index (χ4v) is 3.06. The lowest BCUT2D eigenvalue weighted by molar-refractivity contribution is -0.121. The Kier molecular flexibility index (Phi) is 5.66. The Morgan fingerprint density at radius 2 is 2.00 bits per heavy atom. The molecule has 0 unspecified atom stereocenters. The van der Waals surface area contributed by atoms with Crippen LogP contribution in [-0.2, 0) is 17.8 Å². The van der Waals surface area contributed by atoms with Crippen LogP contribution >= 0.6 is 15.9 Å². The van der Waals surface area contributed by atoms with Crippen molar-refractivity contribution in [2.45, 2.75) is 26.3 Å². The number of rotatable bonds is 6. The average molecular weight is 399 g/mol. The van der Waals surface area contributed by atoms with Gasteiger partial charge in [0.15, 0.2) is 0 Å². The number of hydrogen-bond donors (Lipinski definition) is 1. The highest BCUT2D eigenvalue weighted by atomic mass is 79.9. The van der Waals surface area contributed by atoms with Gasteiger partial charge in [0.25, 0.3) is 0 Å². The van der Waals surface area contributed by atoms with Crippen molar-refractivity contribution in [1.29, 1.82) is 0 Å². The van der Waals surface area contributed by atoms with Crippen molar-refractivity contribution in [3.63, 3.8) is 0 Å². The standard InChI is InChI=1S/C20H19BrN2O2/c1-14-5-4-7-15(11-14)20-17(13-25-23-20)9-10-19(24)22-12-16-6-2-3-8-18(16)21/h2-8,11,13H,9-10,12H2,1H3,(H,22,24). The second-order valence-electron chi connectivity index (χ2n) is 5.93. The molecule has 0 aliphatic carbocycles.